The summed E-state index contributed by atoms with van der Waals surface area (Å²) in [6.07, 6.45) is 0. The largest absolute Gasteiger partial charge is 0.453 e. The zero-order chi connectivity index (χ0) is 13.5. The lowest BCUT2D eigenvalue weighted by molar-refractivity contribution is -0.139. The fraction of sp³-hybridized carbons (Fsp3) is 0.118. The second-order valence-electron chi connectivity index (χ2n) is 3.99. The van der Waals surface area contributed by atoms with Crippen molar-refractivity contribution in [3.8, 4) is 23.0 Å². The molecule has 2 nitrogen and oxygen atoms in total. The number of hydrogen-bond donors (Lipinski definition) is 0. The van der Waals surface area contributed by atoms with Gasteiger partial charge < -0.3 is 4.74 Å². The SMILES string of the molecule is CC(=O)OCC#Cc1ccccc1-c1ccccc1. The third kappa shape index (κ3) is 3.72. The van der Waals surface area contributed by atoms with Gasteiger partial charge >= 0.3 is 5.97 Å². The maximum absolute atomic E-state index is 10.7. The van der Waals surface area contributed by atoms with E-state index in [-0.39, 0.29) is 12.6 Å². The van der Waals surface area contributed by atoms with E-state index in [0.29, 0.717) is 0 Å². The molecule has 2 heteroatoms. The third-order valence-corrected chi connectivity index (χ3v) is 2.58. The average molecular weight is 250 g/mol. The first kappa shape index (κ1) is 12.9. The molecular formula is C17H14O2. The van der Waals surface area contributed by atoms with E-state index in [1.165, 1.54) is 6.92 Å². The Balaban J connectivity index is 2.24. The summed E-state index contributed by atoms with van der Waals surface area (Å²) in [6.45, 7) is 1.50. The van der Waals surface area contributed by atoms with E-state index < -0.39 is 0 Å². The second kappa shape index (κ2) is 6.42. The quantitative estimate of drug-likeness (QED) is 0.604. The molecule has 0 bridgehead atoms. The first-order chi connectivity index (χ1) is 9.27. The summed E-state index contributed by atoms with van der Waals surface area (Å²) < 4.78 is 4.80. The van der Waals surface area contributed by atoms with Crippen LogP contribution in [0.3, 0.4) is 0 Å². The molecule has 0 spiro atoms. The molecule has 94 valence electrons. The minimum atomic E-state index is -0.314. The van der Waals surface area contributed by atoms with Crippen molar-refractivity contribution in [3.63, 3.8) is 0 Å². The molecule has 0 fully saturated rings. The summed E-state index contributed by atoms with van der Waals surface area (Å²) in [5, 5.41) is 0. The number of benzene rings is 2. The summed E-state index contributed by atoms with van der Waals surface area (Å²) in [5.74, 6) is 5.58. The molecule has 0 N–H and O–H groups in total. The van der Waals surface area contributed by atoms with Crippen molar-refractivity contribution in [3.05, 3.63) is 60.2 Å². The molecule has 0 atom stereocenters. The Morgan fingerprint density at radius 1 is 1.05 bits per heavy atom. The molecule has 0 aliphatic heterocycles. The van der Waals surface area contributed by atoms with Crippen LogP contribution in [-0.4, -0.2) is 12.6 Å². The van der Waals surface area contributed by atoms with Gasteiger partial charge in [0, 0.05) is 12.5 Å². The number of carbonyl (C=O) groups is 1. The highest BCUT2D eigenvalue weighted by Gasteiger charge is 2.00. The van der Waals surface area contributed by atoms with Crippen LogP contribution in [0.25, 0.3) is 11.1 Å². The monoisotopic (exact) mass is 250 g/mol. The van der Waals surface area contributed by atoms with E-state index >= 15 is 0 Å². The van der Waals surface area contributed by atoms with Gasteiger partial charge in [-0.1, -0.05) is 60.4 Å². The van der Waals surface area contributed by atoms with E-state index in [4.69, 9.17) is 4.74 Å². The first-order valence-corrected chi connectivity index (χ1v) is 6.04. The van der Waals surface area contributed by atoms with Gasteiger partial charge in [-0.05, 0) is 17.2 Å². The van der Waals surface area contributed by atoms with Gasteiger partial charge in [0.2, 0.25) is 0 Å². The lowest BCUT2D eigenvalue weighted by atomic mass is 10.0. The van der Waals surface area contributed by atoms with Crippen LogP contribution in [0.15, 0.2) is 54.6 Å². The van der Waals surface area contributed by atoms with Crippen LogP contribution in [0.4, 0.5) is 0 Å². The summed E-state index contributed by atoms with van der Waals surface area (Å²) in [7, 11) is 0. The number of rotatable bonds is 2. The number of carbonyl (C=O) groups excluding carboxylic acids is 1. The Bertz CT molecular complexity index is 618. The molecule has 0 aliphatic rings. The second-order valence-corrected chi connectivity index (χ2v) is 3.99. The summed E-state index contributed by atoms with van der Waals surface area (Å²) in [4.78, 5) is 10.7. The van der Waals surface area contributed by atoms with Crippen molar-refractivity contribution >= 4 is 5.97 Å². The zero-order valence-corrected chi connectivity index (χ0v) is 10.7. The molecule has 0 saturated heterocycles. The predicted molar refractivity (Wildman–Crippen MR) is 75.4 cm³/mol. The Labute approximate surface area is 113 Å². The lowest BCUT2D eigenvalue weighted by Crippen LogP contribution is -1.97. The molecule has 0 heterocycles. The minimum absolute atomic E-state index is 0.123. The molecule has 0 aliphatic carbocycles. The lowest BCUT2D eigenvalue weighted by Gasteiger charge is -2.04. The van der Waals surface area contributed by atoms with Gasteiger partial charge in [0.1, 0.15) is 0 Å². The highest BCUT2D eigenvalue weighted by atomic mass is 16.5. The maximum atomic E-state index is 10.7. The molecule has 2 aromatic rings. The van der Waals surface area contributed by atoms with Crippen LogP contribution < -0.4 is 0 Å². The van der Waals surface area contributed by atoms with Crippen molar-refractivity contribution in [1.29, 1.82) is 0 Å². The number of hydrogen-bond acceptors (Lipinski definition) is 2. The fourth-order valence-electron chi connectivity index (χ4n) is 1.73. The summed E-state index contributed by atoms with van der Waals surface area (Å²) >= 11 is 0. The predicted octanol–water partition coefficient (Wildman–Crippen LogP) is 3.27. The highest BCUT2D eigenvalue weighted by Crippen LogP contribution is 2.22. The third-order valence-electron chi connectivity index (χ3n) is 2.58. The molecule has 0 amide bonds. The Morgan fingerprint density at radius 3 is 2.47 bits per heavy atom. The van der Waals surface area contributed by atoms with Crippen LogP contribution in [0.2, 0.25) is 0 Å². The molecule has 0 aromatic heterocycles. The molecule has 19 heavy (non-hydrogen) atoms. The minimum Gasteiger partial charge on any atom is -0.453 e. The standard InChI is InChI=1S/C17H14O2/c1-14(18)19-13-7-11-16-10-5-6-12-17(16)15-8-3-2-4-9-15/h2-6,8-10,12H,13H2,1H3. The highest BCUT2D eigenvalue weighted by molar-refractivity contribution is 5.71. The van der Waals surface area contributed by atoms with Gasteiger partial charge in [0.05, 0.1) is 0 Å². The normalized spacial score (nSPS) is 9.32. The molecule has 2 rings (SSSR count). The summed E-state index contributed by atoms with van der Waals surface area (Å²) in [5.41, 5.74) is 3.14. The van der Waals surface area contributed by atoms with E-state index in [2.05, 4.69) is 11.8 Å². The Kier molecular flexibility index (Phi) is 4.36. The zero-order valence-electron chi connectivity index (χ0n) is 10.7. The molecule has 0 saturated carbocycles. The Hall–Kier alpha value is -2.53. The smallest absolute Gasteiger partial charge is 0.303 e. The molecule has 0 radical (unpaired) electrons. The van der Waals surface area contributed by atoms with Gasteiger partial charge in [-0.25, -0.2) is 0 Å². The molecule has 2 aromatic carbocycles. The van der Waals surface area contributed by atoms with Crippen molar-refractivity contribution in [1.82, 2.24) is 0 Å². The van der Waals surface area contributed by atoms with Crippen LogP contribution >= 0.6 is 0 Å². The van der Waals surface area contributed by atoms with Crippen molar-refractivity contribution in [2.24, 2.45) is 0 Å². The van der Waals surface area contributed by atoms with Gasteiger partial charge in [-0.2, -0.15) is 0 Å². The summed E-state index contributed by atoms with van der Waals surface area (Å²) in [6, 6.07) is 18.0. The van der Waals surface area contributed by atoms with Crippen LogP contribution in [-0.2, 0) is 9.53 Å². The maximum Gasteiger partial charge on any atom is 0.303 e. The number of ether oxygens (including phenoxy) is 1. The van der Waals surface area contributed by atoms with E-state index in [9.17, 15) is 4.79 Å². The van der Waals surface area contributed by atoms with Crippen LogP contribution in [0.1, 0.15) is 12.5 Å². The van der Waals surface area contributed by atoms with E-state index in [1.54, 1.807) is 0 Å². The van der Waals surface area contributed by atoms with Crippen LogP contribution in [0, 0.1) is 11.8 Å². The first-order valence-electron chi connectivity index (χ1n) is 6.04. The fourth-order valence-corrected chi connectivity index (χ4v) is 1.73. The van der Waals surface area contributed by atoms with Gasteiger partial charge in [0.15, 0.2) is 6.61 Å². The average Bonchev–Trinajstić information content (AvgIpc) is 2.45. The number of esters is 1. The topological polar surface area (TPSA) is 26.3 Å². The van der Waals surface area contributed by atoms with Crippen molar-refractivity contribution in [2.75, 3.05) is 6.61 Å². The van der Waals surface area contributed by atoms with E-state index in [1.807, 2.05) is 54.6 Å². The van der Waals surface area contributed by atoms with Crippen molar-refractivity contribution < 1.29 is 9.53 Å². The molecule has 0 unspecified atom stereocenters. The van der Waals surface area contributed by atoms with Gasteiger partial charge in [-0.15, -0.1) is 0 Å². The molecular weight excluding hydrogens is 236 g/mol. The Morgan fingerprint density at radius 2 is 1.74 bits per heavy atom. The van der Waals surface area contributed by atoms with E-state index in [0.717, 1.165) is 16.7 Å². The van der Waals surface area contributed by atoms with Gasteiger partial charge in [-0.3, -0.25) is 4.79 Å². The van der Waals surface area contributed by atoms with Crippen molar-refractivity contribution in [2.45, 2.75) is 6.92 Å². The van der Waals surface area contributed by atoms with Gasteiger partial charge in [0.25, 0.3) is 0 Å². The van der Waals surface area contributed by atoms with Crippen LogP contribution in [0.5, 0.6) is 0 Å².